The maximum absolute atomic E-state index is 13.0. The molecule has 0 radical (unpaired) electrons. The van der Waals surface area contributed by atoms with Gasteiger partial charge in [-0.15, -0.1) is 0 Å². The van der Waals surface area contributed by atoms with Gasteiger partial charge in [-0.05, 0) is 49.4 Å². The molecular formula is C28H38N2O4. The number of rotatable bonds is 12. The van der Waals surface area contributed by atoms with Gasteiger partial charge in [0.15, 0.2) is 11.5 Å². The number of piperidine rings is 1. The Morgan fingerprint density at radius 3 is 2.47 bits per heavy atom. The fraction of sp³-hybridized carbons (Fsp3) is 0.500. The van der Waals surface area contributed by atoms with Crippen LogP contribution in [0.5, 0.6) is 11.5 Å². The summed E-state index contributed by atoms with van der Waals surface area (Å²) in [5.74, 6) is 1.32. The van der Waals surface area contributed by atoms with Crippen LogP contribution in [0.15, 0.2) is 48.5 Å². The normalized spacial score (nSPS) is 14.0. The van der Waals surface area contributed by atoms with E-state index < -0.39 is 0 Å². The van der Waals surface area contributed by atoms with Crippen molar-refractivity contribution in [1.29, 1.82) is 0 Å². The Kier molecular flexibility index (Phi) is 10.3. The fourth-order valence-corrected chi connectivity index (χ4v) is 4.24. The number of nitrogens with zero attached hydrogens (tertiary/aromatic N) is 1. The molecule has 2 aromatic carbocycles. The predicted octanol–water partition coefficient (Wildman–Crippen LogP) is 5.01. The van der Waals surface area contributed by atoms with Crippen LogP contribution in [0.1, 0.15) is 67.8 Å². The molecule has 1 fully saturated rings. The number of methoxy groups -OCH3 is 1. The number of likely N-dealkylation sites (tertiary alicyclic amines) is 1. The van der Waals surface area contributed by atoms with Gasteiger partial charge >= 0.3 is 0 Å². The van der Waals surface area contributed by atoms with Crippen molar-refractivity contribution in [2.24, 2.45) is 0 Å². The molecule has 1 saturated heterocycles. The predicted molar refractivity (Wildman–Crippen MR) is 134 cm³/mol. The number of nitrogens with one attached hydrogen (secondary N) is 1. The molecule has 3 rings (SSSR count). The van der Waals surface area contributed by atoms with Gasteiger partial charge in [-0.1, -0.05) is 56.5 Å². The first-order valence-corrected chi connectivity index (χ1v) is 12.5. The van der Waals surface area contributed by atoms with Crippen LogP contribution in [0.2, 0.25) is 0 Å². The Balaban J connectivity index is 1.44. The van der Waals surface area contributed by atoms with E-state index in [-0.39, 0.29) is 17.9 Å². The van der Waals surface area contributed by atoms with Crippen molar-refractivity contribution in [2.75, 3.05) is 26.8 Å². The number of ether oxygens (including phenoxy) is 2. The van der Waals surface area contributed by atoms with Crippen LogP contribution in [0.3, 0.4) is 0 Å². The minimum absolute atomic E-state index is 0.0124. The number of hydrogen-bond acceptors (Lipinski definition) is 4. The molecule has 0 spiro atoms. The molecule has 2 amide bonds. The number of carbonyl (C=O) groups excluding carboxylic acids is 2. The van der Waals surface area contributed by atoms with Gasteiger partial charge in [0.25, 0.3) is 5.91 Å². The molecule has 0 saturated carbocycles. The molecule has 2 aromatic rings. The SMILES string of the molecule is CCCCCCOc1ccc(C(=O)N2CCC(NC(=O)CCc3ccccc3)CC2)cc1OC. The summed E-state index contributed by atoms with van der Waals surface area (Å²) in [6.07, 6.45) is 7.31. The Labute approximate surface area is 203 Å². The Morgan fingerprint density at radius 1 is 1.00 bits per heavy atom. The summed E-state index contributed by atoms with van der Waals surface area (Å²) in [4.78, 5) is 27.2. The van der Waals surface area contributed by atoms with E-state index in [0.29, 0.717) is 43.2 Å². The van der Waals surface area contributed by atoms with Crippen molar-refractivity contribution >= 4 is 11.8 Å². The van der Waals surface area contributed by atoms with Crippen LogP contribution in [0.25, 0.3) is 0 Å². The zero-order chi connectivity index (χ0) is 24.2. The molecule has 6 heteroatoms. The van der Waals surface area contributed by atoms with E-state index in [2.05, 4.69) is 12.2 Å². The third-order valence-electron chi connectivity index (χ3n) is 6.30. The third-order valence-corrected chi connectivity index (χ3v) is 6.30. The Hall–Kier alpha value is -3.02. The van der Waals surface area contributed by atoms with Crippen molar-refractivity contribution in [3.8, 4) is 11.5 Å². The minimum Gasteiger partial charge on any atom is -0.493 e. The standard InChI is InChI=1S/C28H38N2O4/c1-3-4-5-9-20-34-25-14-13-23(21-26(25)33-2)28(32)30-18-16-24(17-19-30)29-27(31)15-12-22-10-7-6-8-11-22/h6-8,10-11,13-14,21,24H,3-5,9,12,15-20H2,1-2H3,(H,29,31). The summed E-state index contributed by atoms with van der Waals surface area (Å²) in [7, 11) is 1.60. The van der Waals surface area contributed by atoms with Gasteiger partial charge in [0.2, 0.25) is 5.91 Å². The zero-order valence-electron chi connectivity index (χ0n) is 20.6. The van der Waals surface area contributed by atoms with Crippen molar-refractivity contribution in [3.63, 3.8) is 0 Å². The maximum Gasteiger partial charge on any atom is 0.253 e. The lowest BCUT2D eigenvalue weighted by atomic mass is 10.0. The second-order valence-corrected chi connectivity index (χ2v) is 8.89. The number of amides is 2. The summed E-state index contributed by atoms with van der Waals surface area (Å²) < 4.78 is 11.3. The van der Waals surface area contributed by atoms with Crippen molar-refractivity contribution < 1.29 is 19.1 Å². The summed E-state index contributed by atoms with van der Waals surface area (Å²) in [6, 6.07) is 15.6. The van der Waals surface area contributed by atoms with Crippen LogP contribution in [0.4, 0.5) is 0 Å². The topological polar surface area (TPSA) is 67.9 Å². The average Bonchev–Trinajstić information content (AvgIpc) is 2.88. The van der Waals surface area contributed by atoms with E-state index >= 15 is 0 Å². The van der Waals surface area contributed by atoms with Crippen LogP contribution in [0, 0.1) is 0 Å². The highest BCUT2D eigenvalue weighted by atomic mass is 16.5. The first kappa shape index (κ1) is 25.6. The molecule has 0 bridgehead atoms. The molecule has 1 heterocycles. The Bertz CT molecular complexity index is 908. The highest BCUT2D eigenvalue weighted by molar-refractivity contribution is 5.95. The summed E-state index contributed by atoms with van der Waals surface area (Å²) >= 11 is 0. The molecule has 1 aliphatic heterocycles. The maximum atomic E-state index is 13.0. The molecule has 1 N–H and O–H groups in total. The quantitative estimate of drug-likeness (QED) is 0.447. The molecule has 34 heavy (non-hydrogen) atoms. The first-order chi connectivity index (χ1) is 16.6. The second kappa shape index (κ2) is 13.6. The molecule has 0 aliphatic carbocycles. The summed E-state index contributed by atoms with van der Waals surface area (Å²) in [5.41, 5.74) is 1.77. The molecule has 0 atom stereocenters. The number of aryl methyl sites for hydroxylation is 1. The highest BCUT2D eigenvalue weighted by Crippen LogP contribution is 2.29. The smallest absolute Gasteiger partial charge is 0.253 e. The van der Waals surface area contributed by atoms with Crippen LogP contribution < -0.4 is 14.8 Å². The van der Waals surface area contributed by atoms with Gasteiger partial charge in [-0.3, -0.25) is 9.59 Å². The fourth-order valence-electron chi connectivity index (χ4n) is 4.24. The molecule has 1 aliphatic rings. The van der Waals surface area contributed by atoms with Gasteiger partial charge in [0, 0.05) is 31.1 Å². The molecule has 6 nitrogen and oxygen atoms in total. The molecule has 184 valence electrons. The van der Waals surface area contributed by atoms with E-state index in [1.165, 1.54) is 18.4 Å². The lowest BCUT2D eigenvalue weighted by Gasteiger charge is -2.32. The molecular weight excluding hydrogens is 428 g/mol. The number of unbranched alkanes of at least 4 members (excludes halogenated alkanes) is 3. The minimum atomic E-state index is -0.0124. The Morgan fingerprint density at radius 2 is 1.76 bits per heavy atom. The first-order valence-electron chi connectivity index (χ1n) is 12.5. The van der Waals surface area contributed by atoms with Gasteiger partial charge < -0.3 is 19.7 Å². The van der Waals surface area contributed by atoms with E-state index in [1.54, 1.807) is 13.2 Å². The van der Waals surface area contributed by atoms with Crippen LogP contribution in [-0.4, -0.2) is 49.6 Å². The van der Waals surface area contributed by atoms with E-state index in [9.17, 15) is 9.59 Å². The molecule has 0 unspecified atom stereocenters. The average molecular weight is 467 g/mol. The second-order valence-electron chi connectivity index (χ2n) is 8.89. The van der Waals surface area contributed by atoms with Gasteiger partial charge in [-0.25, -0.2) is 0 Å². The number of benzene rings is 2. The van der Waals surface area contributed by atoms with Crippen molar-refractivity contribution in [3.05, 3.63) is 59.7 Å². The largest absolute Gasteiger partial charge is 0.493 e. The van der Waals surface area contributed by atoms with Crippen molar-refractivity contribution in [1.82, 2.24) is 10.2 Å². The van der Waals surface area contributed by atoms with Crippen LogP contribution >= 0.6 is 0 Å². The lowest BCUT2D eigenvalue weighted by Crippen LogP contribution is -2.46. The number of carbonyl (C=O) groups is 2. The van der Waals surface area contributed by atoms with E-state index in [0.717, 1.165) is 32.1 Å². The van der Waals surface area contributed by atoms with Gasteiger partial charge in [0.1, 0.15) is 0 Å². The summed E-state index contributed by atoms with van der Waals surface area (Å²) in [5, 5.41) is 3.13. The monoisotopic (exact) mass is 466 g/mol. The zero-order valence-corrected chi connectivity index (χ0v) is 20.6. The highest BCUT2D eigenvalue weighted by Gasteiger charge is 2.25. The van der Waals surface area contributed by atoms with E-state index in [1.807, 2.05) is 47.4 Å². The van der Waals surface area contributed by atoms with E-state index in [4.69, 9.17) is 9.47 Å². The number of hydrogen-bond donors (Lipinski definition) is 1. The molecule has 0 aromatic heterocycles. The van der Waals surface area contributed by atoms with Crippen molar-refractivity contribution in [2.45, 2.75) is 64.3 Å². The lowest BCUT2D eigenvalue weighted by molar-refractivity contribution is -0.122. The van der Waals surface area contributed by atoms with Crippen LogP contribution in [-0.2, 0) is 11.2 Å². The van der Waals surface area contributed by atoms with Gasteiger partial charge in [0.05, 0.1) is 13.7 Å². The third kappa shape index (κ3) is 7.79. The van der Waals surface area contributed by atoms with Gasteiger partial charge in [-0.2, -0.15) is 0 Å². The summed E-state index contributed by atoms with van der Waals surface area (Å²) in [6.45, 7) is 4.08.